The fraction of sp³-hybridized carbons (Fsp3) is 0.909. The third-order valence-corrected chi connectivity index (χ3v) is 3.21. The average Bonchev–Trinajstić information content (AvgIpc) is 2.26. The Hall–Kier alpha value is -1.15. The SMILES string of the molecule is C[C@@H]1CCCC[C@@H]1OC(=O)NC(C(F)(F)F)C(F)(F)F. The van der Waals surface area contributed by atoms with Crippen LogP contribution < -0.4 is 5.32 Å². The molecule has 3 nitrogen and oxygen atoms in total. The summed E-state index contributed by atoms with van der Waals surface area (Å²) in [5.74, 6) is -0.0790. The van der Waals surface area contributed by atoms with Crippen molar-refractivity contribution in [1.29, 1.82) is 0 Å². The number of nitrogens with one attached hydrogen (secondary N) is 1. The van der Waals surface area contributed by atoms with Crippen LogP contribution in [0.5, 0.6) is 0 Å². The summed E-state index contributed by atoms with van der Waals surface area (Å²) in [5, 5.41) is 0.854. The first-order valence-corrected chi connectivity index (χ1v) is 6.12. The maximum Gasteiger partial charge on any atom is 0.417 e. The Morgan fingerprint density at radius 1 is 1.10 bits per heavy atom. The highest BCUT2D eigenvalue weighted by atomic mass is 19.4. The molecule has 0 aromatic rings. The molecule has 2 atom stereocenters. The van der Waals surface area contributed by atoms with Crippen LogP contribution in [0.25, 0.3) is 0 Å². The van der Waals surface area contributed by atoms with Crippen molar-refractivity contribution in [1.82, 2.24) is 5.32 Å². The van der Waals surface area contributed by atoms with E-state index in [4.69, 9.17) is 0 Å². The molecule has 0 saturated heterocycles. The molecule has 1 amide bonds. The van der Waals surface area contributed by atoms with Gasteiger partial charge in [0.1, 0.15) is 6.10 Å². The van der Waals surface area contributed by atoms with Crippen molar-refractivity contribution in [2.45, 2.75) is 57.1 Å². The van der Waals surface area contributed by atoms with Crippen LogP contribution in [0.1, 0.15) is 32.6 Å². The van der Waals surface area contributed by atoms with E-state index in [9.17, 15) is 31.1 Å². The predicted octanol–water partition coefficient (Wildman–Crippen LogP) is 3.78. The maximum absolute atomic E-state index is 12.2. The Labute approximate surface area is 111 Å². The molecular weight excluding hydrogens is 292 g/mol. The largest absolute Gasteiger partial charge is 0.446 e. The Balaban J connectivity index is 2.63. The topological polar surface area (TPSA) is 38.3 Å². The highest BCUT2D eigenvalue weighted by Gasteiger charge is 2.58. The second kappa shape index (κ2) is 6.09. The molecule has 1 aliphatic rings. The number of rotatable bonds is 2. The lowest BCUT2D eigenvalue weighted by molar-refractivity contribution is -0.256. The fourth-order valence-corrected chi connectivity index (χ4v) is 2.10. The highest BCUT2D eigenvalue weighted by Crippen LogP contribution is 2.33. The summed E-state index contributed by atoms with van der Waals surface area (Å²) in [7, 11) is 0. The van der Waals surface area contributed by atoms with Crippen molar-refractivity contribution >= 4 is 6.09 Å². The first-order chi connectivity index (χ1) is 9.01. The van der Waals surface area contributed by atoms with Crippen LogP contribution in [-0.4, -0.2) is 30.6 Å². The number of hydrogen-bond acceptors (Lipinski definition) is 2. The van der Waals surface area contributed by atoms with Crippen LogP contribution in [0.4, 0.5) is 31.1 Å². The standard InChI is InChI=1S/C11H15F6NO2/c1-6-4-2-3-5-7(6)20-9(19)18-8(10(12,13)14)11(15,16)17/h6-8H,2-5H2,1H3,(H,18,19)/t6-,7+/m1/s1. The first-order valence-electron chi connectivity index (χ1n) is 6.12. The van der Waals surface area contributed by atoms with Crippen molar-refractivity contribution in [2.24, 2.45) is 5.92 Å². The number of alkyl halides is 6. The molecule has 1 fully saturated rings. The smallest absolute Gasteiger partial charge is 0.417 e. The molecule has 1 aliphatic carbocycles. The molecular formula is C11H15F6NO2. The summed E-state index contributed by atoms with van der Waals surface area (Å²) in [6.45, 7) is 1.74. The van der Waals surface area contributed by atoms with Gasteiger partial charge in [-0.1, -0.05) is 13.3 Å². The van der Waals surface area contributed by atoms with Gasteiger partial charge in [0.15, 0.2) is 0 Å². The van der Waals surface area contributed by atoms with E-state index in [1.165, 1.54) is 0 Å². The van der Waals surface area contributed by atoms with Gasteiger partial charge in [0, 0.05) is 0 Å². The zero-order chi connectivity index (χ0) is 15.6. The van der Waals surface area contributed by atoms with E-state index in [2.05, 4.69) is 4.74 Å². The van der Waals surface area contributed by atoms with Gasteiger partial charge in [-0.05, 0) is 25.2 Å². The summed E-state index contributed by atoms with van der Waals surface area (Å²) in [6.07, 6.45) is -10.8. The fourth-order valence-electron chi connectivity index (χ4n) is 2.10. The Bertz CT molecular complexity index is 327. The first kappa shape index (κ1) is 16.9. The zero-order valence-corrected chi connectivity index (χ0v) is 10.6. The minimum absolute atomic E-state index is 0.0790. The number of halogens is 6. The number of amides is 1. The maximum atomic E-state index is 12.2. The van der Waals surface area contributed by atoms with E-state index in [0.29, 0.717) is 6.42 Å². The van der Waals surface area contributed by atoms with Crippen LogP contribution in [-0.2, 0) is 4.74 Å². The number of alkyl carbamates (subject to hydrolysis) is 1. The third kappa shape index (κ3) is 4.75. The molecule has 0 aromatic carbocycles. The van der Waals surface area contributed by atoms with Crippen LogP contribution in [0.3, 0.4) is 0 Å². The summed E-state index contributed by atoms with van der Waals surface area (Å²) in [5.41, 5.74) is 0. The van der Waals surface area contributed by atoms with E-state index >= 15 is 0 Å². The van der Waals surface area contributed by atoms with Crippen LogP contribution in [0.15, 0.2) is 0 Å². The Morgan fingerprint density at radius 3 is 2.05 bits per heavy atom. The van der Waals surface area contributed by atoms with E-state index in [1.54, 1.807) is 6.92 Å². The molecule has 9 heteroatoms. The summed E-state index contributed by atoms with van der Waals surface area (Å²) < 4.78 is 78.1. The molecule has 1 saturated carbocycles. The Kier molecular flexibility index (Phi) is 5.15. The van der Waals surface area contributed by atoms with Gasteiger partial charge in [-0.25, -0.2) is 4.79 Å². The number of ether oxygens (including phenoxy) is 1. The van der Waals surface area contributed by atoms with Crippen LogP contribution in [0, 0.1) is 5.92 Å². The number of hydrogen-bond donors (Lipinski definition) is 1. The van der Waals surface area contributed by atoms with Crippen molar-refractivity contribution in [3.05, 3.63) is 0 Å². The number of carbonyl (C=O) groups is 1. The average molecular weight is 307 g/mol. The van der Waals surface area contributed by atoms with Crippen LogP contribution >= 0.6 is 0 Å². The molecule has 118 valence electrons. The van der Waals surface area contributed by atoms with Gasteiger partial charge in [-0.2, -0.15) is 26.3 Å². The van der Waals surface area contributed by atoms with Crippen molar-refractivity contribution in [2.75, 3.05) is 0 Å². The molecule has 0 aromatic heterocycles. The normalized spacial score (nSPS) is 24.6. The quantitative estimate of drug-likeness (QED) is 0.788. The molecule has 1 rings (SSSR count). The second-order valence-electron chi connectivity index (χ2n) is 4.87. The summed E-state index contributed by atoms with van der Waals surface area (Å²) >= 11 is 0. The van der Waals surface area contributed by atoms with Crippen LogP contribution in [0.2, 0.25) is 0 Å². The van der Waals surface area contributed by atoms with E-state index in [0.717, 1.165) is 24.6 Å². The van der Waals surface area contributed by atoms with E-state index in [-0.39, 0.29) is 5.92 Å². The zero-order valence-electron chi connectivity index (χ0n) is 10.6. The minimum Gasteiger partial charge on any atom is -0.446 e. The monoisotopic (exact) mass is 307 g/mol. The van der Waals surface area contributed by atoms with Gasteiger partial charge in [-0.15, -0.1) is 0 Å². The molecule has 0 radical (unpaired) electrons. The van der Waals surface area contributed by atoms with Crippen molar-refractivity contribution in [3.63, 3.8) is 0 Å². The third-order valence-electron chi connectivity index (χ3n) is 3.21. The second-order valence-corrected chi connectivity index (χ2v) is 4.87. The van der Waals surface area contributed by atoms with E-state index in [1.807, 2.05) is 0 Å². The Morgan fingerprint density at radius 2 is 1.60 bits per heavy atom. The lowest BCUT2D eigenvalue weighted by atomic mass is 9.88. The lowest BCUT2D eigenvalue weighted by Crippen LogP contribution is -2.55. The predicted molar refractivity (Wildman–Crippen MR) is 56.9 cm³/mol. The molecule has 0 unspecified atom stereocenters. The molecule has 1 N–H and O–H groups in total. The molecule has 0 aliphatic heterocycles. The minimum atomic E-state index is -5.62. The molecule has 0 heterocycles. The van der Waals surface area contributed by atoms with Crippen molar-refractivity contribution < 1.29 is 35.9 Å². The molecule has 20 heavy (non-hydrogen) atoms. The summed E-state index contributed by atoms with van der Waals surface area (Å²) in [6, 6.07) is -3.92. The lowest BCUT2D eigenvalue weighted by Gasteiger charge is -2.30. The van der Waals surface area contributed by atoms with Gasteiger partial charge in [0.05, 0.1) is 0 Å². The van der Waals surface area contributed by atoms with Gasteiger partial charge >= 0.3 is 18.4 Å². The molecule has 0 spiro atoms. The van der Waals surface area contributed by atoms with E-state index < -0.39 is 30.6 Å². The summed E-state index contributed by atoms with van der Waals surface area (Å²) in [4.78, 5) is 11.2. The van der Waals surface area contributed by atoms with Crippen molar-refractivity contribution in [3.8, 4) is 0 Å². The van der Waals surface area contributed by atoms with Gasteiger partial charge in [-0.3, -0.25) is 0 Å². The number of carbonyl (C=O) groups excluding carboxylic acids is 1. The van der Waals surface area contributed by atoms with Gasteiger partial charge in [0.2, 0.25) is 6.04 Å². The van der Waals surface area contributed by atoms with Gasteiger partial charge < -0.3 is 10.1 Å². The molecule has 0 bridgehead atoms. The highest BCUT2D eigenvalue weighted by molar-refractivity contribution is 5.68. The van der Waals surface area contributed by atoms with Gasteiger partial charge in [0.25, 0.3) is 0 Å².